The van der Waals surface area contributed by atoms with Crippen LogP contribution in [-0.2, 0) is 13.0 Å². The molecule has 0 aliphatic carbocycles. The molecule has 1 aliphatic heterocycles. The smallest absolute Gasteiger partial charge is 0.138 e. The molecule has 1 aromatic carbocycles. The third kappa shape index (κ3) is 4.06. The lowest BCUT2D eigenvalue weighted by Crippen LogP contribution is -2.42. The zero-order chi connectivity index (χ0) is 16.1. The van der Waals surface area contributed by atoms with E-state index in [1.54, 1.807) is 30.6 Å². The first kappa shape index (κ1) is 15.5. The molecule has 0 spiro atoms. The van der Waals surface area contributed by atoms with E-state index in [4.69, 9.17) is 10.00 Å². The summed E-state index contributed by atoms with van der Waals surface area (Å²) in [7, 11) is 0. The predicted octanol–water partition coefficient (Wildman–Crippen LogP) is 0.494. The van der Waals surface area contributed by atoms with Gasteiger partial charge in [-0.1, -0.05) is 0 Å². The first-order valence-corrected chi connectivity index (χ1v) is 7.65. The van der Waals surface area contributed by atoms with Crippen LogP contribution < -0.4 is 10.1 Å². The van der Waals surface area contributed by atoms with Crippen molar-refractivity contribution < 1.29 is 9.84 Å². The highest BCUT2D eigenvalue weighted by Crippen LogP contribution is 2.13. The molecule has 120 valence electrons. The minimum Gasteiger partial charge on any atom is -0.491 e. The molecule has 0 unspecified atom stereocenters. The fourth-order valence-corrected chi connectivity index (χ4v) is 2.58. The van der Waals surface area contributed by atoms with Gasteiger partial charge in [0.05, 0.1) is 18.2 Å². The second kappa shape index (κ2) is 7.22. The molecule has 7 nitrogen and oxygen atoms in total. The number of fused-ring (bicyclic) bond motifs is 1. The molecular formula is C16H19N5O2. The van der Waals surface area contributed by atoms with Gasteiger partial charge in [-0.05, 0) is 30.7 Å². The van der Waals surface area contributed by atoms with Crippen LogP contribution in [0.1, 0.15) is 17.8 Å². The molecule has 1 aromatic heterocycles. The number of aliphatic hydroxyl groups is 1. The van der Waals surface area contributed by atoms with E-state index in [1.807, 2.05) is 4.68 Å². The maximum Gasteiger partial charge on any atom is 0.138 e. The van der Waals surface area contributed by atoms with Gasteiger partial charge in [-0.25, -0.2) is 9.67 Å². The van der Waals surface area contributed by atoms with Crippen molar-refractivity contribution in [3.8, 4) is 11.8 Å². The number of aliphatic hydroxyl groups excluding tert-OH is 1. The van der Waals surface area contributed by atoms with E-state index in [-0.39, 0.29) is 12.6 Å². The Bertz CT molecular complexity index is 677. The van der Waals surface area contributed by atoms with Gasteiger partial charge in [0.25, 0.3) is 0 Å². The summed E-state index contributed by atoms with van der Waals surface area (Å²) in [6.07, 6.45) is 2.87. The van der Waals surface area contributed by atoms with Crippen LogP contribution in [0.2, 0.25) is 0 Å². The Kier molecular flexibility index (Phi) is 4.86. The van der Waals surface area contributed by atoms with Crippen LogP contribution >= 0.6 is 0 Å². The van der Waals surface area contributed by atoms with Crippen molar-refractivity contribution in [2.75, 3.05) is 13.2 Å². The lowest BCUT2D eigenvalue weighted by molar-refractivity contribution is 0.101. The molecule has 2 atom stereocenters. The van der Waals surface area contributed by atoms with Gasteiger partial charge in [0.2, 0.25) is 0 Å². The van der Waals surface area contributed by atoms with Crippen LogP contribution in [0, 0.1) is 11.3 Å². The Balaban J connectivity index is 1.40. The fourth-order valence-electron chi connectivity index (χ4n) is 2.58. The van der Waals surface area contributed by atoms with Crippen LogP contribution in [-0.4, -0.2) is 45.2 Å². The fraction of sp³-hybridized carbons (Fsp3) is 0.438. The Morgan fingerprint density at radius 1 is 1.43 bits per heavy atom. The van der Waals surface area contributed by atoms with Crippen molar-refractivity contribution in [3.05, 3.63) is 42.0 Å². The molecule has 2 heterocycles. The lowest BCUT2D eigenvalue weighted by atomic mass is 10.1. The van der Waals surface area contributed by atoms with Gasteiger partial charge < -0.3 is 15.2 Å². The number of nitrogens with zero attached hydrogens (tertiary/aromatic N) is 4. The average Bonchev–Trinajstić information content (AvgIpc) is 3.06. The first-order chi connectivity index (χ1) is 11.2. The average molecular weight is 313 g/mol. The zero-order valence-electron chi connectivity index (χ0n) is 12.7. The quantitative estimate of drug-likeness (QED) is 0.806. The van der Waals surface area contributed by atoms with Crippen molar-refractivity contribution in [2.45, 2.75) is 31.5 Å². The van der Waals surface area contributed by atoms with E-state index in [1.165, 1.54) is 0 Å². The summed E-state index contributed by atoms with van der Waals surface area (Å²) in [4.78, 5) is 4.20. The number of ether oxygens (including phenoxy) is 1. The SMILES string of the molecule is N#Cc1ccc(OC[C@@H](O)CN[C@H]2CCc3ncnn3C2)cc1. The lowest BCUT2D eigenvalue weighted by Gasteiger charge is -2.24. The van der Waals surface area contributed by atoms with Crippen molar-refractivity contribution in [2.24, 2.45) is 0 Å². The van der Waals surface area contributed by atoms with Gasteiger partial charge in [-0.2, -0.15) is 10.4 Å². The minimum absolute atomic E-state index is 0.209. The predicted molar refractivity (Wildman–Crippen MR) is 82.8 cm³/mol. The van der Waals surface area contributed by atoms with E-state index in [2.05, 4.69) is 21.5 Å². The Hall–Kier alpha value is -2.43. The van der Waals surface area contributed by atoms with E-state index in [0.717, 1.165) is 25.2 Å². The second-order valence-electron chi connectivity index (χ2n) is 5.60. The van der Waals surface area contributed by atoms with Crippen molar-refractivity contribution in [1.29, 1.82) is 5.26 Å². The van der Waals surface area contributed by atoms with Gasteiger partial charge in [-0.3, -0.25) is 0 Å². The molecule has 0 saturated carbocycles. The van der Waals surface area contributed by atoms with E-state index in [0.29, 0.717) is 17.9 Å². The van der Waals surface area contributed by atoms with Gasteiger partial charge in [0.15, 0.2) is 0 Å². The van der Waals surface area contributed by atoms with Crippen LogP contribution in [0.25, 0.3) is 0 Å². The number of nitriles is 1. The number of rotatable bonds is 6. The highest BCUT2D eigenvalue weighted by molar-refractivity contribution is 5.34. The van der Waals surface area contributed by atoms with Crippen LogP contribution in [0.5, 0.6) is 5.75 Å². The largest absolute Gasteiger partial charge is 0.491 e. The summed E-state index contributed by atoms with van der Waals surface area (Å²) in [5, 5.41) is 26.3. The van der Waals surface area contributed by atoms with Gasteiger partial charge >= 0.3 is 0 Å². The number of nitrogens with one attached hydrogen (secondary N) is 1. The molecule has 0 fully saturated rings. The van der Waals surface area contributed by atoms with Crippen LogP contribution in [0.15, 0.2) is 30.6 Å². The highest BCUT2D eigenvalue weighted by Gasteiger charge is 2.20. The monoisotopic (exact) mass is 313 g/mol. The maximum atomic E-state index is 10.0. The molecule has 2 N–H and O–H groups in total. The Morgan fingerprint density at radius 3 is 3.04 bits per heavy atom. The summed E-state index contributed by atoms with van der Waals surface area (Å²) in [6, 6.07) is 9.18. The number of hydrogen-bond acceptors (Lipinski definition) is 6. The summed E-state index contributed by atoms with van der Waals surface area (Å²) in [6.45, 7) is 1.45. The number of aryl methyl sites for hydroxylation is 1. The summed E-state index contributed by atoms with van der Waals surface area (Å²) in [5.74, 6) is 1.67. The topological polar surface area (TPSA) is 96.0 Å². The number of benzene rings is 1. The first-order valence-electron chi connectivity index (χ1n) is 7.65. The summed E-state index contributed by atoms with van der Waals surface area (Å²) in [5.41, 5.74) is 0.587. The summed E-state index contributed by atoms with van der Waals surface area (Å²) < 4.78 is 7.43. The second-order valence-corrected chi connectivity index (χ2v) is 5.60. The van der Waals surface area contributed by atoms with Gasteiger partial charge in [-0.15, -0.1) is 0 Å². The van der Waals surface area contributed by atoms with Crippen molar-refractivity contribution >= 4 is 0 Å². The van der Waals surface area contributed by atoms with Crippen molar-refractivity contribution in [3.63, 3.8) is 0 Å². The van der Waals surface area contributed by atoms with Crippen LogP contribution in [0.4, 0.5) is 0 Å². The normalized spacial score (nSPS) is 18.0. The van der Waals surface area contributed by atoms with Gasteiger partial charge in [0.1, 0.15) is 30.6 Å². The standard InChI is InChI=1S/C16H19N5O2/c17-7-12-1-4-15(5-2-12)23-10-14(22)8-18-13-3-6-16-19-11-20-21(16)9-13/h1-2,4-5,11,13-14,18,22H,3,6,8-10H2/t13-,14-/m0/s1. The van der Waals surface area contributed by atoms with E-state index < -0.39 is 6.10 Å². The molecular weight excluding hydrogens is 294 g/mol. The summed E-state index contributed by atoms with van der Waals surface area (Å²) >= 11 is 0. The van der Waals surface area contributed by atoms with E-state index >= 15 is 0 Å². The van der Waals surface area contributed by atoms with Crippen molar-refractivity contribution in [1.82, 2.24) is 20.1 Å². The number of aromatic nitrogens is 3. The minimum atomic E-state index is -0.595. The molecule has 0 saturated heterocycles. The maximum absolute atomic E-state index is 10.0. The van der Waals surface area contributed by atoms with E-state index in [9.17, 15) is 5.11 Å². The van der Waals surface area contributed by atoms with Crippen LogP contribution in [0.3, 0.4) is 0 Å². The molecule has 0 amide bonds. The molecule has 2 aromatic rings. The number of hydrogen-bond donors (Lipinski definition) is 2. The molecule has 3 rings (SSSR count). The molecule has 0 bridgehead atoms. The molecule has 1 aliphatic rings. The molecule has 7 heteroatoms. The van der Waals surface area contributed by atoms with Gasteiger partial charge in [0, 0.05) is 19.0 Å². The third-order valence-electron chi connectivity index (χ3n) is 3.87. The highest BCUT2D eigenvalue weighted by atomic mass is 16.5. The molecule has 23 heavy (non-hydrogen) atoms. The Labute approximate surface area is 134 Å². The molecule has 0 radical (unpaired) electrons. The zero-order valence-corrected chi connectivity index (χ0v) is 12.7. The third-order valence-corrected chi connectivity index (χ3v) is 3.87. The Morgan fingerprint density at radius 2 is 2.26 bits per heavy atom.